The maximum atomic E-state index is 12.4. The lowest BCUT2D eigenvalue weighted by Crippen LogP contribution is -2.42. The summed E-state index contributed by atoms with van der Waals surface area (Å²) in [5.41, 5.74) is 0. The van der Waals surface area contributed by atoms with Crippen LogP contribution in [0.5, 0.6) is 5.88 Å². The Kier molecular flexibility index (Phi) is 4.51. The van der Waals surface area contributed by atoms with E-state index in [4.69, 9.17) is 10.00 Å². The minimum absolute atomic E-state index is 0.0242. The van der Waals surface area contributed by atoms with Crippen molar-refractivity contribution in [3.05, 3.63) is 17.8 Å². The molecule has 2 saturated heterocycles. The summed E-state index contributed by atoms with van der Waals surface area (Å²) in [6, 6.07) is 3.94. The highest BCUT2D eigenvalue weighted by atomic mass is 32.1. The van der Waals surface area contributed by atoms with Gasteiger partial charge in [0.15, 0.2) is 0 Å². The van der Waals surface area contributed by atoms with Gasteiger partial charge in [0.1, 0.15) is 23.3 Å². The van der Waals surface area contributed by atoms with Crippen LogP contribution in [0.1, 0.15) is 19.3 Å². The van der Waals surface area contributed by atoms with Crippen LogP contribution >= 0.6 is 11.3 Å². The number of nitrogens with zero attached hydrogens (tertiary/aromatic N) is 5. The monoisotopic (exact) mass is 357 g/mol. The van der Waals surface area contributed by atoms with Crippen LogP contribution in [0.15, 0.2) is 17.8 Å². The lowest BCUT2D eigenvalue weighted by molar-refractivity contribution is -0.132. The number of nitriles is 1. The van der Waals surface area contributed by atoms with Gasteiger partial charge in [0.2, 0.25) is 11.8 Å². The predicted molar refractivity (Wildman–Crippen MR) is 93.2 cm³/mol. The Bertz CT molecular complexity index is 817. The zero-order chi connectivity index (χ0) is 17.2. The number of aromatic nitrogens is 2. The van der Waals surface area contributed by atoms with Gasteiger partial charge in [-0.15, -0.1) is 11.3 Å². The number of likely N-dealkylation sites (tertiary alicyclic amines) is 2. The zero-order valence-corrected chi connectivity index (χ0v) is 14.6. The summed E-state index contributed by atoms with van der Waals surface area (Å²) in [5.74, 6) is 0.667. The first-order valence-electron chi connectivity index (χ1n) is 8.51. The van der Waals surface area contributed by atoms with Gasteiger partial charge < -0.3 is 9.64 Å². The normalized spacial score (nSPS) is 23.9. The molecule has 4 heterocycles. The minimum Gasteiger partial charge on any atom is -0.472 e. The molecule has 0 bridgehead atoms. The molecule has 0 saturated carbocycles. The molecule has 2 atom stereocenters. The lowest BCUT2D eigenvalue weighted by atomic mass is 10.2. The second-order valence-electron chi connectivity index (χ2n) is 6.46. The van der Waals surface area contributed by atoms with E-state index in [0.717, 1.165) is 36.0 Å². The van der Waals surface area contributed by atoms with Crippen LogP contribution in [-0.2, 0) is 4.79 Å². The lowest BCUT2D eigenvalue weighted by Gasteiger charge is -2.23. The predicted octanol–water partition coefficient (Wildman–Crippen LogP) is 1.66. The van der Waals surface area contributed by atoms with Crippen molar-refractivity contribution in [1.82, 2.24) is 19.8 Å². The SMILES string of the molecule is N#CC1CCCN1C(=O)CN1CCC(Oc2ncnc3sccc23)C1. The van der Waals surface area contributed by atoms with Crippen LogP contribution in [0.3, 0.4) is 0 Å². The van der Waals surface area contributed by atoms with Gasteiger partial charge in [0.05, 0.1) is 18.0 Å². The number of hydrogen-bond acceptors (Lipinski definition) is 7. The molecular formula is C17H19N5O2S. The van der Waals surface area contributed by atoms with Gasteiger partial charge in [0, 0.05) is 19.6 Å². The van der Waals surface area contributed by atoms with Crippen LogP contribution in [0.2, 0.25) is 0 Å². The fourth-order valence-corrected chi connectivity index (χ4v) is 4.26. The molecule has 7 nitrogen and oxygen atoms in total. The van der Waals surface area contributed by atoms with Crippen LogP contribution in [-0.4, -0.2) is 64.0 Å². The Hall–Kier alpha value is -2.24. The molecule has 1 amide bonds. The molecule has 2 fully saturated rings. The summed E-state index contributed by atoms with van der Waals surface area (Å²) in [6.07, 6.45) is 4.12. The third-order valence-electron chi connectivity index (χ3n) is 4.81. The van der Waals surface area contributed by atoms with Crippen molar-refractivity contribution in [1.29, 1.82) is 5.26 Å². The zero-order valence-electron chi connectivity index (χ0n) is 13.8. The van der Waals surface area contributed by atoms with Gasteiger partial charge in [-0.3, -0.25) is 9.69 Å². The Morgan fingerprint density at radius 2 is 2.32 bits per heavy atom. The Morgan fingerprint density at radius 1 is 1.40 bits per heavy atom. The highest BCUT2D eigenvalue weighted by molar-refractivity contribution is 7.16. The highest BCUT2D eigenvalue weighted by Crippen LogP contribution is 2.27. The van der Waals surface area contributed by atoms with E-state index in [0.29, 0.717) is 25.5 Å². The third-order valence-corrected chi connectivity index (χ3v) is 5.63. The van der Waals surface area contributed by atoms with Gasteiger partial charge >= 0.3 is 0 Å². The van der Waals surface area contributed by atoms with E-state index in [2.05, 4.69) is 20.9 Å². The largest absolute Gasteiger partial charge is 0.472 e. The average Bonchev–Trinajstić information content (AvgIpc) is 3.35. The van der Waals surface area contributed by atoms with Gasteiger partial charge in [-0.2, -0.15) is 5.26 Å². The van der Waals surface area contributed by atoms with Crippen molar-refractivity contribution in [2.45, 2.75) is 31.4 Å². The molecule has 2 aliphatic rings. The molecule has 8 heteroatoms. The Morgan fingerprint density at radius 3 is 3.20 bits per heavy atom. The van der Waals surface area contributed by atoms with Crippen molar-refractivity contribution in [2.24, 2.45) is 0 Å². The number of amides is 1. The van der Waals surface area contributed by atoms with E-state index in [1.54, 1.807) is 16.2 Å². The third kappa shape index (κ3) is 3.30. The standard InChI is InChI=1S/C17H19N5O2S/c18-8-12-2-1-5-22(12)15(23)10-21-6-3-13(9-21)24-16-14-4-7-25-17(14)20-11-19-16/h4,7,11-13H,1-3,5-6,9-10H2. The maximum absolute atomic E-state index is 12.4. The molecule has 0 radical (unpaired) electrons. The van der Waals surface area contributed by atoms with E-state index in [9.17, 15) is 4.79 Å². The molecule has 2 aromatic heterocycles. The van der Waals surface area contributed by atoms with Crippen molar-refractivity contribution >= 4 is 27.5 Å². The first kappa shape index (κ1) is 16.2. The van der Waals surface area contributed by atoms with E-state index >= 15 is 0 Å². The topological polar surface area (TPSA) is 82.4 Å². The van der Waals surface area contributed by atoms with E-state index in [1.165, 1.54) is 6.33 Å². The van der Waals surface area contributed by atoms with E-state index in [1.807, 2.05) is 11.4 Å². The number of fused-ring (bicyclic) bond motifs is 1. The van der Waals surface area contributed by atoms with E-state index < -0.39 is 0 Å². The second kappa shape index (κ2) is 6.94. The number of carbonyl (C=O) groups excluding carboxylic acids is 1. The van der Waals surface area contributed by atoms with Crippen molar-refractivity contribution in [3.63, 3.8) is 0 Å². The van der Waals surface area contributed by atoms with Gasteiger partial charge in [-0.1, -0.05) is 0 Å². The van der Waals surface area contributed by atoms with E-state index in [-0.39, 0.29) is 18.1 Å². The number of ether oxygens (including phenoxy) is 1. The molecule has 25 heavy (non-hydrogen) atoms. The highest BCUT2D eigenvalue weighted by Gasteiger charge is 2.32. The summed E-state index contributed by atoms with van der Waals surface area (Å²) < 4.78 is 6.06. The van der Waals surface area contributed by atoms with Crippen LogP contribution in [0, 0.1) is 11.3 Å². The maximum Gasteiger partial charge on any atom is 0.237 e. The van der Waals surface area contributed by atoms with Crippen molar-refractivity contribution in [3.8, 4) is 11.9 Å². The Balaban J connectivity index is 1.35. The Labute approximate surface area is 149 Å². The molecule has 0 aromatic carbocycles. The summed E-state index contributed by atoms with van der Waals surface area (Å²) in [6.45, 7) is 2.57. The molecule has 130 valence electrons. The van der Waals surface area contributed by atoms with Gasteiger partial charge in [0.25, 0.3) is 0 Å². The fourth-order valence-electron chi connectivity index (χ4n) is 3.54. The van der Waals surface area contributed by atoms with Gasteiger partial charge in [-0.25, -0.2) is 9.97 Å². The molecule has 2 aromatic rings. The fraction of sp³-hybridized carbons (Fsp3) is 0.529. The van der Waals surface area contributed by atoms with Gasteiger partial charge in [-0.05, 0) is 30.7 Å². The van der Waals surface area contributed by atoms with Crippen LogP contribution < -0.4 is 4.74 Å². The molecule has 0 spiro atoms. The molecule has 0 N–H and O–H groups in total. The van der Waals surface area contributed by atoms with Crippen LogP contribution in [0.25, 0.3) is 10.2 Å². The second-order valence-corrected chi connectivity index (χ2v) is 7.35. The molecular weight excluding hydrogens is 338 g/mol. The summed E-state index contributed by atoms with van der Waals surface area (Å²) >= 11 is 1.57. The molecule has 4 rings (SSSR count). The molecule has 2 aliphatic heterocycles. The summed E-state index contributed by atoms with van der Waals surface area (Å²) in [7, 11) is 0. The smallest absolute Gasteiger partial charge is 0.237 e. The molecule has 0 aliphatic carbocycles. The number of thiophene rings is 1. The van der Waals surface area contributed by atoms with Crippen LogP contribution in [0.4, 0.5) is 0 Å². The number of carbonyl (C=O) groups is 1. The number of hydrogen-bond donors (Lipinski definition) is 0. The first-order valence-corrected chi connectivity index (χ1v) is 9.39. The van der Waals surface area contributed by atoms with Crippen molar-refractivity contribution < 1.29 is 9.53 Å². The van der Waals surface area contributed by atoms with Crippen molar-refractivity contribution in [2.75, 3.05) is 26.2 Å². The summed E-state index contributed by atoms with van der Waals surface area (Å²) in [5, 5.41) is 12.1. The number of rotatable bonds is 4. The quantitative estimate of drug-likeness (QED) is 0.828. The minimum atomic E-state index is -0.255. The average molecular weight is 357 g/mol. The first-order chi connectivity index (χ1) is 12.2. The molecule has 2 unspecified atom stereocenters. The summed E-state index contributed by atoms with van der Waals surface area (Å²) in [4.78, 5) is 25.7.